The van der Waals surface area contributed by atoms with Gasteiger partial charge < -0.3 is 31.4 Å². The Hall–Kier alpha value is -3.10. The van der Waals surface area contributed by atoms with E-state index in [2.05, 4.69) is 4.99 Å². The van der Waals surface area contributed by atoms with Crippen LogP contribution in [0.5, 0.6) is 5.75 Å². The maximum Gasteiger partial charge on any atom is 0.305 e. The first-order valence-corrected chi connectivity index (χ1v) is 7.08. The normalized spacial score (nSPS) is 11.8. The molecule has 0 aliphatic heterocycles. The summed E-state index contributed by atoms with van der Waals surface area (Å²) < 4.78 is 12.8. The Morgan fingerprint density at radius 3 is 2.58 bits per heavy atom. The van der Waals surface area contributed by atoms with Gasteiger partial charge in [-0.3, -0.25) is 14.6 Å². The van der Waals surface area contributed by atoms with Crippen molar-refractivity contribution >= 4 is 24.1 Å². The summed E-state index contributed by atoms with van der Waals surface area (Å²) in [5, 5.41) is 8.95. The fourth-order valence-corrected chi connectivity index (χ4v) is 1.74. The number of carbonyl (C=O) groups is 3. The molecule has 0 bridgehead atoms. The number of amides is 1. The molecule has 6 N–H and O–H groups in total. The lowest BCUT2D eigenvalue weighted by molar-refractivity contribution is -0.138. The summed E-state index contributed by atoms with van der Waals surface area (Å²) in [6.07, 6.45) is 0.238. The standard InChI is InChI=1S/C15H20N4O5/c16-15(17)18-6-5-10-1-3-12(4-2-10)24-9-13(21)19-11(8-20)7-14(22)23/h1-4,8,11H,5-7,9H2,(H,19,21)(H,22,23)(H4,16,17,18)/t11-/m0/s1/i/hD. The van der Waals surface area contributed by atoms with Crippen molar-refractivity contribution in [2.45, 2.75) is 18.9 Å². The minimum Gasteiger partial charge on any atom is -0.484 e. The number of aldehydes is 1. The molecule has 0 spiro atoms. The summed E-state index contributed by atoms with van der Waals surface area (Å²) in [6.45, 7) is -0.0354. The largest absolute Gasteiger partial charge is 0.484 e. The van der Waals surface area contributed by atoms with Crippen molar-refractivity contribution in [1.29, 1.82) is 0 Å². The number of hydrogen-bond donors (Lipinski definition) is 4. The van der Waals surface area contributed by atoms with Gasteiger partial charge in [-0.25, -0.2) is 0 Å². The van der Waals surface area contributed by atoms with Crippen molar-refractivity contribution < 1.29 is 25.6 Å². The number of benzene rings is 1. The van der Waals surface area contributed by atoms with E-state index in [1.807, 2.05) is 0 Å². The van der Waals surface area contributed by atoms with E-state index in [-0.39, 0.29) is 12.2 Å². The predicted molar refractivity (Wildman–Crippen MR) is 86.6 cm³/mol. The minimum atomic E-state index is -1.36. The number of ether oxygens (including phenoxy) is 1. The topological polar surface area (TPSA) is 157 Å². The van der Waals surface area contributed by atoms with Gasteiger partial charge in [0.1, 0.15) is 12.0 Å². The average Bonchev–Trinajstić information content (AvgIpc) is 2.57. The fourth-order valence-electron chi connectivity index (χ4n) is 1.74. The van der Waals surface area contributed by atoms with Gasteiger partial charge >= 0.3 is 5.97 Å². The predicted octanol–water partition coefficient (Wildman–Crippen LogP) is -0.960. The second-order valence-electron chi connectivity index (χ2n) is 4.81. The van der Waals surface area contributed by atoms with Gasteiger partial charge in [-0.15, -0.1) is 0 Å². The van der Waals surface area contributed by atoms with E-state index in [9.17, 15) is 14.4 Å². The van der Waals surface area contributed by atoms with Crippen LogP contribution in [0, 0.1) is 0 Å². The number of carbonyl (C=O) groups excluding carboxylic acids is 2. The Kier molecular flexibility index (Phi) is 7.06. The Bertz CT molecular complexity index is 631. The molecule has 0 heterocycles. The van der Waals surface area contributed by atoms with Gasteiger partial charge in [0.2, 0.25) is 0 Å². The number of nitrogens with zero attached hydrogens (tertiary/aromatic N) is 1. The van der Waals surface area contributed by atoms with E-state index < -0.39 is 30.9 Å². The first-order chi connectivity index (χ1) is 11.8. The van der Waals surface area contributed by atoms with Crippen molar-refractivity contribution in [2.24, 2.45) is 16.5 Å². The highest BCUT2D eigenvalue weighted by atomic mass is 16.5. The van der Waals surface area contributed by atoms with E-state index in [0.29, 0.717) is 24.0 Å². The number of aliphatic imine (C=N–C) groups is 1. The van der Waals surface area contributed by atoms with Gasteiger partial charge in [-0.1, -0.05) is 12.1 Å². The average molecular weight is 337 g/mol. The maximum atomic E-state index is 11.8. The number of nitrogens with one attached hydrogen (secondary N) is 1. The van der Waals surface area contributed by atoms with E-state index in [4.69, 9.17) is 22.7 Å². The zero-order valence-corrected chi connectivity index (χ0v) is 12.9. The van der Waals surface area contributed by atoms with Gasteiger partial charge in [0, 0.05) is 6.54 Å². The quantitative estimate of drug-likeness (QED) is 0.243. The van der Waals surface area contributed by atoms with Crippen LogP contribution in [0.2, 0.25) is 1.41 Å². The van der Waals surface area contributed by atoms with Crippen LogP contribution >= 0.6 is 0 Å². The van der Waals surface area contributed by atoms with Crippen molar-refractivity contribution in [3.05, 3.63) is 29.8 Å². The summed E-state index contributed by atoms with van der Waals surface area (Å²) in [5.41, 5.74) is 11.4. The van der Waals surface area contributed by atoms with Crippen LogP contribution in [0.1, 0.15) is 12.0 Å². The first kappa shape index (κ1) is 17.3. The first-order valence-electron chi connectivity index (χ1n) is 7.53. The molecule has 1 amide bonds. The number of carboxylic acids is 1. The maximum absolute atomic E-state index is 11.8. The van der Waals surface area contributed by atoms with Crippen LogP contribution < -0.4 is 21.5 Å². The highest BCUT2D eigenvalue weighted by Gasteiger charge is 2.15. The molecule has 1 atom stereocenters. The minimum absolute atomic E-state index is 0.0231. The summed E-state index contributed by atoms with van der Waals surface area (Å²) in [7, 11) is 0. The molecule has 0 aliphatic rings. The molecule has 0 saturated carbocycles. The zero-order chi connectivity index (χ0) is 18.8. The lowest BCUT2D eigenvalue weighted by Gasteiger charge is -2.11. The van der Waals surface area contributed by atoms with Crippen LogP contribution in [-0.2, 0) is 20.8 Å². The zero-order valence-electron chi connectivity index (χ0n) is 13.9. The van der Waals surface area contributed by atoms with Crippen LogP contribution in [0.4, 0.5) is 0 Å². The van der Waals surface area contributed by atoms with Crippen LogP contribution in [-0.4, -0.2) is 48.4 Å². The smallest absolute Gasteiger partial charge is 0.305 e. The molecule has 1 rings (SSSR count). The lowest BCUT2D eigenvalue weighted by atomic mass is 10.1. The third-order valence-corrected chi connectivity index (χ3v) is 2.83. The fraction of sp³-hybridized carbons (Fsp3) is 0.333. The molecule has 24 heavy (non-hydrogen) atoms. The Morgan fingerprint density at radius 2 is 2.04 bits per heavy atom. The van der Waals surface area contributed by atoms with Crippen molar-refractivity contribution in [2.75, 3.05) is 13.2 Å². The van der Waals surface area contributed by atoms with Gasteiger partial charge in [0.15, 0.2) is 14.0 Å². The van der Waals surface area contributed by atoms with E-state index in [1.165, 1.54) is 0 Å². The monoisotopic (exact) mass is 337 g/mol. The molecule has 0 unspecified atom stereocenters. The molecule has 9 nitrogen and oxygen atoms in total. The summed E-state index contributed by atoms with van der Waals surface area (Å²) >= 11 is 0. The summed E-state index contributed by atoms with van der Waals surface area (Å²) in [5.74, 6) is -1.68. The van der Waals surface area contributed by atoms with Gasteiger partial charge in [0.05, 0.1) is 12.5 Å². The summed E-state index contributed by atoms with van der Waals surface area (Å²) in [6, 6.07) is 5.48. The molecule has 0 radical (unpaired) electrons. The Balaban J connectivity index is 2.51. The van der Waals surface area contributed by atoms with Crippen LogP contribution in [0.15, 0.2) is 29.3 Å². The van der Waals surface area contributed by atoms with Crippen LogP contribution in [0.25, 0.3) is 0 Å². The lowest BCUT2D eigenvalue weighted by Crippen LogP contribution is -2.40. The third-order valence-electron chi connectivity index (χ3n) is 2.83. The van der Waals surface area contributed by atoms with E-state index in [0.717, 1.165) is 5.56 Å². The third kappa shape index (κ3) is 7.78. The summed E-state index contributed by atoms with van der Waals surface area (Å²) in [4.78, 5) is 37.0. The van der Waals surface area contributed by atoms with Crippen molar-refractivity contribution in [3.8, 4) is 5.75 Å². The molecule has 9 heteroatoms. The number of nitrogens with two attached hydrogens (primary N) is 2. The van der Waals surface area contributed by atoms with Crippen molar-refractivity contribution in [1.82, 2.24) is 5.31 Å². The van der Waals surface area contributed by atoms with Gasteiger partial charge in [-0.2, -0.15) is 0 Å². The Morgan fingerprint density at radius 1 is 1.38 bits per heavy atom. The molecule has 0 saturated heterocycles. The number of guanidine groups is 1. The second-order valence-corrected chi connectivity index (χ2v) is 4.81. The molecule has 130 valence electrons. The molecule has 0 aromatic heterocycles. The van der Waals surface area contributed by atoms with Crippen molar-refractivity contribution in [3.63, 3.8) is 0 Å². The van der Waals surface area contributed by atoms with E-state index in [1.54, 1.807) is 24.3 Å². The molecule has 1 aromatic rings. The SMILES string of the molecule is [2H]N(C(=O)COc1ccc(CCN=C(N)N)cc1)[C@H](C=O)CC(=O)O. The number of hydrogen-bond acceptors (Lipinski definition) is 5. The van der Waals surface area contributed by atoms with E-state index >= 15 is 0 Å². The molecular formula is C15H20N4O5. The molecule has 0 fully saturated rings. The van der Waals surface area contributed by atoms with Gasteiger partial charge in [-0.05, 0) is 24.1 Å². The highest BCUT2D eigenvalue weighted by Crippen LogP contribution is 2.12. The molecule has 1 aromatic carbocycles. The number of aliphatic carboxylic acids is 1. The molecule has 0 aliphatic carbocycles. The van der Waals surface area contributed by atoms with Crippen LogP contribution in [0.3, 0.4) is 0 Å². The highest BCUT2D eigenvalue weighted by molar-refractivity contribution is 5.83. The number of rotatable bonds is 10. The number of carboxylic acid groups (broad SMARTS) is 1. The Labute approximate surface area is 140 Å². The van der Waals surface area contributed by atoms with Gasteiger partial charge in [0.25, 0.3) is 5.91 Å². The second kappa shape index (κ2) is 9.82. The molecular weight excluding hydrogens is 316 g/mol.